The first kappa shape index (κ1) is 22.0. The van der Waals surface area contributed by atoms with Crippen molar-refractivity contribution in [3.05, 3.63) is 87.4 Å². The highest BCUT2D eigenvalue weighted by atomic mass is 35.5. The number of rotatable bonds is 7. The Morgan fingerprint density at radius 1 is 1.19 bits per heavy atom. The zero-order valence-electron chi connectivity index (χ0n) is 17.0. The van der Waals surface area contributed by atoms with Crippen LogP contribution in [0.3, 0.4) is 0 Å². The lowest BCUT2D eigenvalue weighted by molar-refractivity contribution is 0.300. The molecule has 4 rings (SSSR count). The SMILES string of the molecule is Cc1c(CCS(=O)(=O)O)nc2ccc(-n3ccc(OCc4ccc(Cl)cn4)cc3=O)cn12. The first-order valence-electron chi connectivity index (χ1n) is 9.59. The summed E-state index contributed by atoms with van der Waals surface area (Å²) in [6.07, 6.45) is 4.98. The second kappa shape index (κ2) is 8.73. The van der Waals surface area contributed by atoms with Crippen LogP contribution in [-0.2, 0) is 23.1 Å². The molecule has 0 aromatic carbocycles. The van der Waals surface area contributed by atoms with Crippen LogP contribution in [0, 0.1) is 6.92 Å². The number of halogens is 1. The monoisotopic (exact) mass is 474 g/mol. The van der Waals surface area contributed by atoms with E-state index in [1.54, 1.807) is 54.0 Å². The number of imidazole rings is 1. The molecule has 0 aliphatic rings. The van der Waals surface area contributed by atoms with Crippen molar-refractivity contribution >= 4 is 27.4 Å². The van der Waals surface area contributed by atoms with Gasteiger partial charge >= 0.3 is 0 Å². The van der Waals surface area contributed by atoms with Gasteiger partial charge in [-0.1, -0.05) is 11.6 Å². The summed E-state index contributed by atoms with van der Waals surface area (Å²) in [5, 5.41) is 0.534. The van der Waals surface area contributed by atoms with Crippen molar-refractivity contribution < 1.29 is 17.7 Å². The Balaban J connectivity index is 1.56. The average Bonchev–Trinajstić information content (AvgIpc) is 3.06. The first-order chi connectivity index (χ1) is 15.2. The van der Waals surface area contributed by atoms with E-state index in [2.05, 4.69) is 9.97 Å². The molecule has 4 heterocycles. The van der Waals surface area contributed by atoms with E-state index in [0.29, 0.717) is 33.5 Å². The molecule has 0 fully saturated rings. The van der Waals surface area contributed by atoms with Crippen LogP contribution in [0.25, 0.3) is 11.3 Å². The second-order valence-corrected chi connectivity index (χ2v) is 9.13. The smallest absolute Gasteiger partial charge is 0.265 e. The molecule has 0 radical (unpaired) electrons. The molecule has 9 nitrogen and oxygen atoms in total. The minimum atomic E-state index is -4.08. The number of ether oxygens (including phenoxy) is 1. The van der Waals surface area contributed by atoms with E-state index >= 15 is 0 Å². The van der Waals surface area contributed by atoms with Gasteiger partial charge in [0.2, 0.25) is 0 Å². The van der Waals surface area contributed by atoms with Gasteiger partial charge in [0.1, 0.15) is 18.0 Å². The van der Waals surface area contributed by atoms with Gasteiger partial charge in [-0.2, -0.15) is 8.42 Å². The van der Waals surface area contributed by atoms with Crippen molar-refractivity contribution in [3.63, 3.8) is 0 Å². The molecule has 4 aromatic rings. The highest BCUT2D eigenvalue weighted by Crippen LogP contribution is 2.17. The molecule has 4 aromatic heterocycles. The lowest BCUT2D eigenvalue weighted by Gasteiger charge is -2.09. The maximum absolute atomic E-state index is 12.7. The molecule has 32 heavy (non-hydrogen) atoms. The largest absolute Gasteiger partial charge is 0.487 e. The van der Waals surface area contributed by atoms with Crippen LogP contribution in [-0.4, -0.2) is 37.7 Å². The number of aromatic nitrogens is 4. The standard InChI is InChI=1S/C21H19ClN4O5S/c1-14-19(7-9-32(28,29)30)24-20-5-4-17(12-26(14)20)25-8-6-18(10-21(25)27)31-13-16-3-2-15(22)11-23-16/h2-6,8,10-12H,7,9,13H2,1H3,(H,28,29,30). The van der Waals surface area contributed by atoms with Crippen molar-refractivity contribution in [2.45, 2.75) is 20.0 Å². The van der Waals surface area contributed by atoms with Gasteiger partial charge in [-0.15, -0.1) is 0 Å². The van der Waals surface area contributed by atoms with Crippen molar-refractivity contribution in [1.82, 2.24) is 18.9 Å². The van der Waals surface area contributed by atoms with E-state index in [4.69, 9.17) is 20.9 Å². The molecule has 11 heteroatoms. The summed E-state index contributed by atoms with van der Waals surface area (Å²) < 4.78 is 39.9. The minimum absolute atomic E-state index is 0.0934. The highest BCUT2D eigenvalue weighted by molar-refractivity contribution is 7.85. The zero-order chi connectivity index (χ0) is 22.9. The van der Waals surface area contributed by atoms with Gasteiger partial charge in [0, 0.05) is 36.8 Å². The van der Waals surface area contributed by atoms with Crippen LogP contribution >= 0.6 is 11.6 Å². The molecule has 0 unspecified atom stereocenters. The fourth-order valence-electron chi connectivity index (χ4n) is 3.22. The molecule has 0 bridgehead atoms. The van der Waals surface area contributed by atoms with Crippen molar-refractivity contribution in [3.8, 4) is 11.4 Å². The van der Waals surface area contributed by atoms with Crippen molar-refractivity contribution in [1.29, 1.82) is 0 Å². The number of aryl methyl sites for hydroxylation is 2. The van der Waals surface area contributed by atoms with Crippen LogP contribution in [0.1, 0.15) is 17.1 Å². The van der Waals surface area contributed by atoms with E-state index < -0.39 is 15.9 Å². The van der Waals surface area contributed by atoms with E-state index in [9.17, 15) is 13.2 Å². The molecular weight excluding hydrogens is 456 g/mol. The Morgan fingerprint density at radius 3 is 2.69 bits per heavy atom. The van der Waals surface area contributed by atoms with Crippen LogP contribution in [0.4, 0.5) is 0 Å². The number of hydrogen-bond acceptors (Lipinski definition) is 6. The summed E-state index contributed by atoms with van der Waals surface area (Å²) in [4.78, 5) is 21.2. The fourth-order valence-corrected chi connectivity index (χ4v) is 3.78. The summed E-state index contributed by atoms with van der Waals surface area (Å²) in [5.74, 6) is 0.00668. The highest BCUT2D eigenvalue weighted by Gasteiger charge is 2.13. The number of fused-ring (bicyclic) bond motifs is 1. The van der Waals surface area contributed by atoms with Crippen LogP contribution in [0.5, 0.6) is 5.75 Å². The molecule has 0 aliphatic carbocycles. The molecular formula is C21H19ClN4O5S. The molecule has 0 aliphatic heterocycles. The topological polar surface area (TPSA) is 116 Å². The average molecular weight is 475 g/mol. The molecule has 0 spiro atoms. The lowest BCUT2D eigenvalue weighted by Crippen LogP contribution is -2.17. The third kappa shape index (κ3) is 4.98. The Hall–Kier alpha value is -3.21. The Bertz CT molecular complexity index is 1450. The van der Waals surface area contributed by atoms with E-state index in [0.717, 1.165) is 5.69 Å². The summed E-state index contributed by atoms with van der Waals surface area (Å²) in [5.41, 5.74) is 2.91. The number of hydrogen-bond donors (Lipinski definition) is 1. The quantitative estimate of drug-likeness (QED) is 0.409. The van der Waals surface area contributed by atoms with Gasteiger partial charge in [0.15, 0.2) is 0 Å². The van der Waals surface area contributed by atoms with Gasteiger partial charge in [0.25, 0.3) is 15.7 Å². The molecule has 1 N–H and O–H groups in total. The predicted octanol–water partition coefficient (Wildman–Crippen LogP) is 2.85. The number of nitrogens with zero attached hydrogens (tertiary/aromatic N) is 4. The second-order valence-electron chi connectivity index (χ2n) is 7.12. The molecule has 0 atom stereocenters. The summed E-state index contributed by atoms with van der Waals surface area (Å²) in [7, 11) is -4.08. The van der Waals surface area contributed by atoms with Gasteiger partial charge in [0.05, 0.1) is 27.9 Å². The summed E-state index contributed by atoms with van der Waals surface area (Å²) in [6, 6.07) is 10.0. The maximum atomic E-state index is 12.7. The summed E-state index contributed by atoms with van der Waals surface area (Å²) >= 11 is 5.82. The van der Waals surface area contributed by atoms with Crippen LogP contribution in [0.15, 0.2) is 59.8 Å². The normalized spacial score (nSPS) is 11.7. The molecule has 0 saturated heterocycles. The molecule has 166 valence electrons. The van der Waals surface area contributed by atoms with E-state index in [-0.39, 0.29) is 18.6 Å². The van der Waals surface area contributed by atoms with Crippen molar-refractivity contribution in [2.24, 2.45) is 0 Å². The summed E-state index contributed by atoms with van der Waals surface area (Å²) in [6.45, 7) is 2.00. The third-order valence-corrected chi connectivity index (χ3v) is 5.82. The zero-order valence-corrected chi connectivity index (χ0v) is 18.5. The van der Waals surface area contributed by atoms with Gasteiger partial charge in [-0.25, -0.2) is 4.98 Å². The Kier molecular flexibility index (Phi) is 6.00. The number of pyridine rings is 3. The Morgan fingerprint density at radius 2 is 2.00 bits per heavy atom. The fraction of sp³-hybridized carbons (Fsp3) is 0.190. The first-order valence-corrected chi connectivity index (χ1v) is 11.6. The van der Waals surface area contributed by atoms with Crippen molar-refractivity contribution in [2.75, 3.05) is 5.75 Å². The molecule has 0 amide bonds. The minimum Gasteiger partial charge on any atom is -0.487 e. The van der Waals surface area contributed by atoms with Gasteiger partial charge in [-0.05, 0) is 37.3 Å². The maximum Gasteiger partial charge on any atom is 0.265 e. The lowest BCUT2D eigenvalue weighted by atomic mass is 10.3. The van der Waals surface area contributed by atoms with E-state index in [1.165, 1.54) is 16.8 Å². The van der Waals surface area contributed by atoms with Gasteiger partial charge in [-0.3, -0.25) is 18.9 Å². The van der Waals surface area contributed by atoms with Crippen LogP contribution in [0.2, 0.25) is 5.02 Å². The third-order valence-electron chi connectivity index (χ3n) is 4.88. The van der Waals surface area contributed by atoms with E-state index in [1.807, 2.05) is 0 Å². The predicted molar refractivity (Wildman–Crippen MR) is 119 cm³/mol. The Labute approximate surface area is 188 Å². The van der Waals surface area contributed by atoms with Crippen LogP contribution < -0.4 is 10.3 Å². The van der Waals surface area contributed by atoms with Gasteiger partial charge < -0.3 is 9.14 Å². The molecule has 0 saturated carbocycles.